The lowest BCUT2D eigenvalue weighted by molar-refractivity contribution is -0.215. The molecule has 23 heavy (non-hydrogen) atoms. The first kappa shape index (κ1) is 17.2. The van der Waals surface area contributed by atoms with E-state index < -0.39 is 21.3 Å². The fourth-order valence-corrected chi connectivity index (χ4v) is 5.97. The van der Waals surface area contributed by atoms with Crippen LogP contribution in [-0.2, 0) is 23.8 Å². The number of carbonyl (C=O) groups excluding carboxylic acids is 1. The number of rotatable bonds is 6. The lowest BCUT2D eigenvalue weighted by atomic mass is 9.52. The standard InChI is InChI=1S/C17H28O5S/c1-4-12(3)15(18)21-16-7-13-6-14(8-16)10-17(9-13,11-16)22-23(19,20)5-2/h12-14H,4-11H2,1-3H3. The third-order valence-corrected chi connectivity index (χ3v) is 7.26. The fourth-order valence-electron chi connectivity index (χ4n) is 5.12. The van der Waals surface area contributed by atoms with Crippen molar-refractivity contribution >= 4 is 16.1 Å². The van der Waals surface area contributed by atoms with Crippen LogP contribution in [0.25, 0.3) is 0 Å². The smallest absolute Gasteiger partial charge is 0.309 e. The lowest BCUT2D eigenvalue weighted by Crippen LogP contribution is -2.62. The second kappa shape index (κ2) is 5.73. The van der Waals surface area contributed by atoms with E-state index in [1.807, 2.05) is 13.8 Å². The summed E-state index contributed by atoms with van der Waals surface area (Å²) in [5.74, 6) is 0.548. The first-order valence-electron chi connectivity index (χ1n) is 8.86. The molecule has 0 N–H and O–H groups in total. The minimum Gasteiger partial charge on any atom is -0.459 e. The highest BCUT2D eigenvalue weighted by Crippen LogP contribution is 2.60. The molecule has 3 unspecified atom stereocenters. The second-order valence-corrected chi connectivity index (χ2v) is 9.85. The molecule has 0 spiro atoms. The summed E-state index contributed by atoms with van der Waals surface area (Å²) in [5, 5.41) is 0. The van der Waals surface area contributed by atoms with Gasteiger partial charge in [-0.2, -0.15) is 8.42 Å². The minimum atomic E-state index is -3.50. The summed E-state index contributed by atoms with van der Waals surface area (Å²) in [6, 6.07) is 0. The molecule has 4 rings (SSSR count). The molecule has 0 radical (unpaired) electrons. The van der Waals surface area contributed by atoms with Gasteiger partial charge in [0.1, 0.15) is 5.60 Å². The molecule has 4 saturated carbocycles. The molecule has 132 valence electrons. The van der Waals surface area contributed by atoms with E-state index in [1.165, 1.54) is 0 Å². The zero-order valence-corrected chi connectivity index (χ0v) is 15.2. The van der Waals surface area contributed by atoms with E-state index in [9.17, 15) is 13.2 Å². The number of hydrogen-bond donors (Lipinski definition) is 0. The van der Waals surface area contributed by atoms with Crippen LogP contribution in [-0.4, -0.2) is 31.3 Å². The van der Waals surface area contributed by atoms with E-state index in [0.717, 1.165) is 38.5 Å². The van der Waals surface area contributed by atoms with Gasteiger partial charge in [0, 0.05) is 6.42 Å². The highest BCUT2D eigenvalue weighted by Gasteiger charge is 2.61. The van der Waals surface area contributed by atoms with Crippen molar-refractivity contribution < 1.29 is 22.1 Å². The Morgan fingerprint density at radius 1 is 1.13 bits per heavy atom. The summed E-state index contributed by atoms with van der Waals surface area (Å²) in [5.41, 5.74) is -1.15. The molecule has 5 nitrogen and oxygen atoms in total. The quantitative estimate of drug-likeness (QED) is 0.547. The van der Waals surface area contributed by atoms with Crippen molar-refractivity contribution in [1.29, 1.82) is 0 Å². The molecule has 0 heterocycles. The summed E-state index contributed by atoms with van der Waals surface area (Å²) >= 11 is 0. The molecule has 3 atom stereocenters. The molecule has 4 bridgehead atoms. The maximum Gasteiger partial charge on any atom is 0.309 e. The number of hydrogen-bond acceptors (Lipinski definition) is 5. The molecule has 0 amide bonds. The Morgan fingerprint density at radius 3 is 2.22 bits per heavy atom. The van der Waals surface area contributed by atoms with Gasteiger partial charge in [0.15, 0.2) is 0 Å². The molecule has 0 aliphatic heterocycles. The Morgan fingerprint density at radius 2 is 1.70 bits per heavy atom. The topological polar surface area (TPSA) is 69.7 Å². The summed E-state index contributed by atoms with van der Waals surface area (Å²) in [7, 11) is -3.50. The van der Waals surface area contributed by atoms with Crippen LogP contribution >= 0.6 is 0 Å². The average molecular weight is 344 g/mol. The van der Waals surface area contributed by atoms with Crippen LogP contribution in [0.15, 0.2) is 0 Å². The van der Waals surface area contributed by atoms with Crippen molar-refractivity contribution in [3.8, 4) is 0 Å². The fraction of sp³-hybridized carbons (Fsp3) is 0.941. The van der Waals surface area contributed by atoms with Gasteiger partial charge in [0.05, 0.1) is 17.3 Å². The van der Waals surface area contributed by atoms with Crippen LogP contribution in [0, 0.1) is 17.8 Å². The van der Waals surface area contributed by atoms with Gasteiger partial charge in [-0.05, 0) is 57.3 Å². The van der Waals surface area contributed by atoms with E-state index in [-0.39, 0.29) is 17.6 Å². The zero-order chi connectivity index (χ0) is 16.9. The van der Waals surface area contributed by atoms with Crippen LogP contribution in [0.5, 0.6) is 0 Å². The summed E-state index contributed by atoms with van der Waals surface area (Å²) in [6.45, 7) is 5.47. The number of ether oxygens (including phenoxy) is 1. The molecule has 0 aromatic rings. The van der Waals surface area contributed by atoms with Crippen LogP contribution in [0.4, 0.5) is 0 Å². The van der Waals surface area contributed by atoms with Gasteiger partial charge in [-0.25, -0.2) is 0 Å². The third kappa shape index (κ3) is 3.29. The number of esters is 1. The van der Waals surface area contributed by atoms with Crippen molar-refractivity contribution in [2.75, 3.05) is 5.75 Å². The van der Waals surface area contributed by atoms with E-state index in [1.54, 1.807) is 6.92 Å². The predicted molar refractivity (Wildman–Crippen MR) is 86.2 cm³/mol. The van der Waals surface area contributed by atoms with Crippen molar-refractivity contribution in [3.63, 3.8) is 0 Å². The first-order chi connectivity index (χ1) is 10.7. The second-order valence-electron chi connectivity index (χ2n) is 7.99. The molecule has 0 aromatic carbocycles. The van der Waals surface area contributed by atoms with Gasteiger partial charge in [-0.3, -0.25) is 8.98 Å². The average Bonchev–Trinajstić information content (AvgIpc) is 2.43. The lowest BCUT2D eigenvalue weighted by Gasteiger charge is -2.60. The monoisotopic (exact) mass is 344 g/mol. The molecule has 6 heteroatoms. The summed E-state index contributed by atoms with van der Waals surface area (Å²) in [4.78, 5) is 12.3. The first-order valence-corrected chi connectivity index (χ1v) is 10.4. The predicted octanol–water partition coefficient (Wildman–Crippen LogP) is 3.03. The zero-order valence-electron chi connectivity index (χ0n) is 14.3. The maximum absolute atomic E-state index is 12.3. The maximum atomic E-state index is 12.3. The summed E-state index contributed by atoms with van der Waals surface area (Å²) in [6.07, 6.45) is 5.70. The van der Waals surface area contributed by atoms with Crippen LogP contribution in [0.3, 0.4) is 0 Å². The van der Waals surface area contributed by atoms with Gasteiger partial charge in [0.25, 0.3) is 10.1 Å². The Bertz CT molecular complexity index is 568. The Kier molecular flexibility index (Phi) is 4.28. The largest absolute Gasteiger partial charge is 0.459 e. The molecule has 4 aliphatic rings. The van der Waals surface area contributed by atoms with Crippen molar-refractivity contribution in [1.82, 2.24) is 0 Å². The van der Waals surface area contributed by atoms with Gasteiger partial charge < -0.3 is 4.74 Å². The molecular formula is C17H28O5S. The van der Waals surface area contributed by atoms with Crippen LogP contribution < -0.4 is 0 Å². The Balaban J connectivity index is 1.83. The Labute approximate surface area is 139 Å². The number of carbonyl (C=O) groups is 1. The van der Waals surface area contributed by atoms with Gasteiger partial charge in [-0.15, -0.1) is 0 Å². The van der Waals surface area contributed by atoms with Gasteiger partial charge in [0.2, 0.25) is 0 Å². The van der Waals surface area contributed by atoms with Gasteiger partial charge in [-0.1, -0.05) is 13.8 Å². The Hall–Kier alpha value is -0.620. The van der Waals surface area contributed by atoms with Crippen molar-refractivity contribution in [2.45, 2.75) is 76.9 Å². The minimum absolute atomic E-state index is 0.0102. The van der Waals surface area contributed by atoms with Crippen LogP contribution in [0.2, 0.25) is 0 Å². The third-order valence-electron chi connectivity index (χ3n) is 5.94. The normalized spacial score (nSPS) is 40.1. The highest BCUT2D eigenvalue weighted by atomic mass is 32.2. The molecule has 4 aliphatic carbocycles. The SMILES string of the molecule is CCC(C)C(=O)OC12CC3CC(C1)CC(OS(=O)(=O)CC)(C3)C2. The van der Waals surface area contributed by atoms with Gasteiger partial charge >= 0.3 is 5.97 Å². The van der Waals surface area contributed by atoms with E-state index in [2.05, 4.69) is 0 Å². The molecule has 0 saturated heterocycles. The molecular weight excluding hydrogens is 316 g/mol. The highest BCUT2D eigenvalue weighted by molar-refractivity contribution is 7.86. The summed E-state index contributed by atoms with van der Waals surface area (Å²) < 4.78 is 35.7. The van der Waals surface area contributed by atoms with Crippen molar-refractivity contribution in [3.05, 3.63) is 0 Å². The van der Waals surface area contributed by atoms with E-state index >= 15 is 0 Å². The van der Waals surface area contributed by atoms with E-state index in [0.29, 0.717) is 18.3 Å². The molecule has 0 aromatic heterocycles. The van der Waals surface area contributed by atoms with Crippen LogP contribution in [0.1, 0.15) is 65.7 Å². The molecule has 4 fully saturated rings. The van der Waals surface area contributed by atoms with Crippen molar-refractivity contribution in [2.24, 2.45) is 17.8 Å². The van der Waals surface area contributed by atoms with E-state index in [4.69, 9.17) is 8.92 Å².